The third-order valence-electron chi connectivity index (χ3n) is 5.72. The lowest BCUT2D eigenvalue weighted by Gasteiger charge is -2.16. The first kappa shape index (κ1) is 20.0. The molecule has 0 saturated carbocycles. The molecule has 1 aliphatic rings. The molecule has 154 valence electrons. The standard InChI is InChI=1S/C26H26O4/c1-16-11-22(29-3)12-17(2)26(16)20-6-4-5-19(14-20)24-15-21-13-18(8-10-25(27)28)7-9-23(21)30-24/h4-7,9,11-14,24H,8,10,15H2,1-3H3,(H,27,28)/t24-/m0/s1. The summed E-state index contributed by atoms with van der Waals surface area (Å²) in [5.74, 6) is 0.991. The molecule has 0 aliphatic carbocycles. The van der Waals surface area contributed by atoms with E-state index in [9.17, 15) is 4.79 Å². The van der Waals surface area contributed by atoms with Gasteiger partial charge in [0.05, 0.1) is 7.11 Å². The summed E-state index contributed by atoms with van der Waals surface area (Å²) in [7, 11) is 1.69. The summed E-state index contributed by atoms with van der Waals surface area (Å²) in [6.07, 6.45) is 1.44. The zero-order chi connectivity index (χ0) is 21.3. The van der Waals surface area contributed by atoms with Crippen molar-refractivity contribution in [2.75, 3.05) is 7.11 Å². The molecule has 4 rings (SSSR count). The monoisotopic (exact) mass is 402 g/mol. The number of rotatable bonds is 6. The van der Waals surface area contributed by atoms with E-state index in [2.05, 4.69) is 56.3 Å². The van der Waals surface area contributed by atoms with Crippen LogP contribution in [0.15, 0.2) is 54.6 Å². The molecule has 1 heterocycles. The maximum absolute atomic E-state index is 10.8. The van der Waals surface area contributed by atoms with Crippen LogP contribution in [-0.2, 0) is 17.6 Å². The molecule has 1 N–H and O–H groups in total. The van der Waals surface area contributed by atoms with Gasteiger partial charge in [-0.3, -0.25) is 4.79 Å². The van der Waals surface area contributed by atoms with Crippen LogP contribution >= 0.6 is 0 Å². The van der Waals surface area contributed by atoms with E-state index in [1.54, 1.807) is 7.11 Å². The molecular formula is C26H26O4. The van der Waals surface area contributed by atoms with Gasteiger partial charge in [0, 0.05) is 12.8 Å². The van der Waals surface area contributed by atoms with E-state index < -0.39 is 5.97 Å². The van der Waals surface area contributed by atoms with E-state index in [1.165, 1.54) is 22.3 Å². The predicted molar refractivity (Wildman–Crippen MR) is 117 cm³/mol. The summed E-state index contributed by atoms with van der Waals surface area (Å²) in [5, 5.41) is 8.92. The minimum absolute atomic E-state index is 0.0338. The summed E-state index contributed by atoms with van der Waals surface area (Å²) in [5.41, 5.74) is 8.09. The summed E-state index contributed by atoms with van der Waals surface area (Å²) in [6, 6.07) is 18.7. The zero-order valence-corrected chi connectivity index (χ0v) is 17.6. The average molecular weight is 402 g/mol. The van der Waals surface area contributed by atoms with E-state index in [1.807, 2.05) is 12.1 Å². The number of ether oxygens (including phenoxy) is 2. The first-order valence-electron chi connectivity index (χ1n) is 10.2. The number of methoxy groups -OCH3 is 1. The normalized spacial score (nSPS) is 14.8. The van der Waals surface area contributed by atoms with Crippen molar-refractivity contribution in [1.82, 2.24) is 0 Å². The number of carbonyl (C=O) groups is 1. The van der Waals surface area contributed by atoms with E-state index >= 15 is 0 Å². The van der Waals surface area contributed by atoms with Crippen molar-refractivity contribution in [3.8, 4) is 22.6 Å². The van der Waals surface area contributed by atoms with Crippen LogP contribution in [0, 0.1) is 13.8 Å². The number of aryl methyl sites for hydroxylation is 3. The fourth-order valence-electron chi connectivity index (χ4n) is 4.29. The lowest BCUT2D eigenvalue weighted by molar-refractivity contribution is -0.136. The molecule has 0 saturated heterocycles. The highest BCUT2D eigenvalue weighted by molar-refractivity contribution is 5.72. The molecule has 0 fully saturated rings. The molecule has 30 heavy (non-hydrogen) atoms. The van der Waals surface area contributed by atoms with Gasteiger partial charge in [0.15, 0.2) is 0 Å². The molecule has 0 spiro atoms. The lowest BCUT2D eigenvalue weighted by atomic mass is 9.92. The van der Waals surface area contributed by atoms with Gasteiger partial charge >= 0.3 is 5.97 Å². The van der Waals surface area contributed by atoms with Gasteiger partial charge in [-0.1, -0.05) is 30.3 Å². The Bertz CT molecular complexity index is 1080. The van der Waals surface area contributed by atoms with Crippen LogP contribution in [0.25, 0.3) is 11.1 Å². The molecular weight excluding hydrogens is 376 g/mol. The van der Waals surface area contributed by atoms with Gasteiger partial charge in [0.25, 0.3) is 0 Å². The summed E-state index contributed by atoms with van der Waals surface area (Å²) in [4.78, 5) is 10.8. The minimum atomic E-state index is -0.773. The van der Waals surface area contributed by atoms with E-state index in [0.717, 1.165) is 34.6 Å². The fraction of sp³-hybridized carbons (Fsp3) is 0.269. The van der Waals surface area contributed by atoms with Crippen LogP contribution in [0.2, 0.25) is 0 Å². The fourth-order valence-corrected chi connectivity index (χ4v) is 4.29. The molecule has 0 amide bonds. The Hall–Kier alpha value is -3.27. The van der Waals surface area contributed by atoms with Crippen LogP contribution in [0.4, 0.5) is 0 Å². The Morgan fingerprint density at radius 2 is 1.87 bits per heavy atom. The molecule has 3 aromatic carbocycles. The Morgan fingerprint density at radius 1 is 1.10 bits per heavy atom. The first-order chi connectivity index (χ1) is 14.4. The van der Waals surface area contributed by atoms with Crippen molar-refractivity contribution in [2.45, 2.75) is 39.2 Å². The third kappa shape index (κ3) is 4.04. The van der Waals surface area contributed by atoms with Crippen LogP contribution in [-0.4, -0.2) is 18.2 Å². The van der Waals surface area contributed by atoms with Gasteiger partial charge in [-0.15, -0.1) is 0 Å². The molecule has 3 aromatic rings. The predicted octanol–water partition coefficient (Wildman–Crippen LogP) is 5.67. The molecule has 0 aromatic heterocycles. The maximum Gasteiger partial charge on any atom is 0.303 e. The van der Waals surface area contributed by atoms with Crippen molar-refractivity contribution in [2.24, 2.45) is 0 Å². The quantitative estimate of drug-likeness (QED) is 0.577. The molecule has 0 bridgehead atoms. The number of aliphatic carboxylic acids is 1. The largest absolute Gasteiger partial charge is 0.497 e. The number of carboxylic acids is 1. The topological polar surface area (TPSA) is 55.8 Å². The Balaban J connectivity index is 1.58. The van der Waals surface area contributed by atoms with Crippen LogP contribution in [0.3, 0.4) is 0 Å². The number of benzene rings is 3. The van der Waals surface area contributed by atoms with E-state index in [4.69, 9.17) is 14.6 Å². The molecule has 4 heteroatoms. The van der Waals surface area contributed by atoms with Gasteiger partial charge in [-0.05, 0) is 83.5 Å². The van der Waals surface area contributed by atoms with Crippen molar-refractivity contribution < 1.29 is 19.4 Å². The Labute approximate surface area is 177 Å². The second-order valence-electron chi connectivity index (χ2n) is 7.91. The molecule has 0 radical (unpaired) electrons. The third-order valence-corrected chi connectivity index (χ3v) is 5.72. The average Bonchev–Trinajstić information content (AvgIpc) is 3.15. The van der Waals surface area contributed by atoms with Crippen molar-refractivity contribution in [3.63, 3.8) is 0 Å². The highest BCUT2D eigenvalue weighted by Gasteiger charge is 2.25. The number of carboxylic acid groups (broad SMARTS) is 1. The van der Waals surface area contributed by atoms with Gasteiger partial charge in [-0.2, -0.15) is 0 Å². The Morgan fingerprint density at radius 3 is 2.57 bits per heavy atom. The van der Waals surface area contributed by atoms with Crippen LogP contribution in [0.1, 0.15) is 40.3 Å². The second kappa shape index (κ2) is 8.23. The van der Waals surface area contributed by atoms with E-state index in [-0.39, 0.29) is 12.5 Å². The number of hydrogen-bond donors (Lipinski definition) is 1. The van der Waals surface area contributed by atoms with Crippen molar-refractivity contribution in [1.29, 1.82) is 0 Å². The van der Waals surface area contributed by atoms with Gasteiger partial charge in [0.2, 0.25) is 0 Å². The summed E-state index contributed by atoms with van der Waals surface area (Å²) in [6.45, 7) is 4.22. The van der Waals surface area contributed by atoms with Crippen molar-refractivity contribution >= 4 is 5.97 Å². The van der Waals surface area contributed by atoms with Crippen LogP contribution in [0.5, 0.6) is 11.5 Å². The highest BCUT2D eigenvalue weighted by atomic mass is 16.5. The molecule has 1 aliphatic heterocycles. The van der Waals surface area contributed by atoms with Gasteiger partial charge in [0.1, 0.15) is 17.6 Å². The molecule has 4 nitrogen and oxygen atoms in total. The number of fused-ring (bicyclic) bond motifs is 1. The second-order valence-corrected chi connectivity index (χ2v) is 7.91. The summed E-state index contributed by atoms with van der Waals surface area (Å²) >= 11 is 0. The number of hydrogen-bond acceptors (Lipinski definition) is 3. The summed E-state index contributed by atoms with van der Waals surface area (Å²) < 4.78 is 11.6. The van der Waals surface area contributed by atoms with Crippen LogP contribution < -0.4 is 9.47 Å². The molecule has 1 atom stereocenters. The van der Waals surface area contributed by atoms with Gasteiger partial charge in [-0.25, -0.2) is 0 Å². The van der Waals surface area contributed by atoms with E-state index in [0.29, 0.717) is 6.42 Å². The van der Waals surface area contributed by atoms with Gasteiger partial charge < -0.3 is 14.6 Å². The lowest BCUT2D eigenvalue weighted by Crippen LogP contribution is -2.03. The maximum atomic E-state index is 10.8. The SMILES string of the molecule is COc1cc(C)c(-c2cccc([C@@H]3Cc4cc(CCC(=O)O)ccc4O3)c2)c(C)c1. The molecule has 0 unspecified atom stereocenters. The smallest absolute Gasteiger partial charge is 0.303 e. The first-order valence-corrected chi connectivity index (χ1v) is 10.2. The minimum Gasteiger partial charge on any atom is -0.497 e. The Kier molecular flexibility index (Phi) is 5.49. The zero-order valence-electron chi connectivity index (χ0n) is 17.6. The highest BCUT2D eigenvalue weighted by Crippen LogP contribution is 2.39. The van der Waals surface area contributed by atoms with Crippen molar-refractivity contribution in [3.05, 3.63) is 82.4 Å².